The smallest absolute Gasteiger partial charge is 0.234 e. The van der Waals surface area contributed by atoms with Crippen molar-refractivity contribution in [1.82, 2.24) is 0 Å². The van der Waals surface area contributed by atoms with Crippen LogP contribution in [0.25, 0.3) is 0 Å². The molecule has 1 aromatic rings. The van der Waals surface area contributed by atoms with Gasteiger partial charge in [0, 0.05) is 23.1 Å². The highest BCUT2D eigenvalue weighted by molar-refractivity contribution is 9.10. The molecule has 0 N–H and O–H groups in total. The number of ketones is 1. The van der Waals surface area contributed by atoms with Crippen LogP contribution in [0.4, 0.5) is 5.69 Å². The lowest BCUT2D eigenvalue weighted by atomic mass is 10.1. The fraction of sp³-hybridized carbons (Fsp3) is 0.273. The molecule has 0 saturated carbocycles. The summed E-state index contributed by atoms with van der Waals surface area (Å²) in [4.78, 5) is 24.3. The van der Waals surface area contributed by atoms with Crippen LogP contribution in [0.1, 0.15) is 12.8 Å². The molecule has 1 fully saturated rings. The summed E-state index contributed by atoms with van der Waals surface area (Å²) in [5, 5.41) is 0. The van der Waals surface area contributed by atoms with E-state index >= 15 is 0 Å². The van der Waals surface area contributed by atoms with Crippen molar-refractivity contribution in [2.75, 3.05) is 11.4 Å². The Bertz CT molecular complexity index is 400. The highest BCUT2D eigenvalue weighted by Gasteiger charge is 2.24. The zero-order chi connectivity index (χ0) is 10.8. The zero-order valence-corrected chi connectivity index (χ0v) is 9.66. The van der Waals surface area contributed by atoms with Gasteiger partial charge in [0.2, 0.25) is 5.91 Å². The largest absolute Gasteiger partial charge is 0.312 e. The highest BCUT2D eigenvalue weighted by Crippen LogP contribution is 2.21. The molecule has 1 saturated heterocycles. The monoisotopic (exact) mass is 267 g/mol. The standard InChI is InChI=1S/C11H10BrNO2/c12-8-1-3-9(4-2-8)13-6-5-10(14)7-11(13)15/h1-4H,5-7H2. The van der Waals surface area contributed by atoms with E-state index < -0.39 is 0 Å². The number of hydrogen-bond acceptors (Lipinski definition) is 2. The van der Waals surface area contributed by atoms with Crippen LogP contribution in [0, 0.1) is 0 Å². The number of halogens is 1. The summed E-state index contributed by atoms with van der Waals surface area (Å²) in [7, 11) is 0. The van der Waals surface area contributed by atoms with E-state index in [4.69, 9.17) is 0 Å². The maximum atomic E-state index is 11.6. The number of amides is 1. The summed E-state index contributed by atoms with van der Waals surface area (Å²) < 4.78 is 0.979. The molecule has 2 rings (SSSR count). The van der Waals surface area contributed by atoms with E-state index in [1.807, 2.05) is 24.3 Å². The third-order valence-corrected chi connectivity index (χ3v) is 2.93. The summed E-state index contributed by atoms with van der Waals surface area (Å²) >= 11 is 3.34. The quantitative estimate of drug-likeness (QED) is 0.732. The van der Waals surface area contributed by atoms with Gasteiger partial charge in [-0.15, -0.1) is 0 Å². The lowest BCUT2D eigenvalue weighted by molar-refractivity contribution is -0.128. The molecule has 1 amide bonds. The summed E-state index contributed by atoms with van der Waals surface area (Å²) in [6.07, 6.45) is 0.498. The van der Waals surface area contributed by atoms with Crippen LogP contribution < -0.4 is 4.90 Å². The van der Waals surface area contributed by atoms with Gasteiger partial charge in [-0.2, -0.15) is 0 Å². The van der Waals surface area contributed by atoms with Gasteiger partial charge >= 0.3 is 0 Å². The summed E-state index contributed by atoms with van der Waals surface area (Å²) in [6.45, 7) is 0.499. The van der Waals surface area contributed by atoms with E-state index in [1.54, 1.807) is 4.90 Å². The average molecular weight is 268 g/mol. The first-order valence-corrected chi connectivity index (χ1v) is 5.54. The number of benzene rings is 1. The number of carbonyl (C=O) groups excluding carboxylic acids is 2. The van der Waals surface area contributed by atoms with Crippen molar-refractivity contribution in [1.29, 1.82) is 0 Å². The van der Waals surface area contributed by atoms with Gasteiger partial charge in [0.1, 0.15) is 5.78 Å². The Kier molecular flexibility index (Phi) is 2.86. The molecule has 1 heterocycles. The second-order valence-electron chi connectivity index (χ2n) is 3.49. The lowest BCUT2D eigenvalue weighted by Crippen LogP contribution is -2.38. The van der Waals surface area contributed by atoms with Crippen LogP contribution in [-0.4, -0.2) is 18.2 Å². The molecule has 0 bridgehead atoms. The predicted octanol–water partition coefficient (Wildman–Crippen LogP) is 2.14. The molecule has 15 heavy (non-hydrogen) atoms. The Morgan fingerprint density at radius 1 is 1.13 bits per heavy atom. The van der Waals surface area contributed by atoms with E-state index in [0.29, 0.717) is 13.0 Å². The molecule has 1 aliphatic heterocycles. The number of carbonyl (C=O) groups is 2. The third-order valence-electron chi connectivity index (χ3n) is 2.40. The predicted molar refractivity (Wildman–Crippen MR) is 60.7 cm³/mol. The molecule has 0 aromatic heterocycles. The number of anilines is 1. The minimum Gasteiger partial charge on any atom is -0.312 e. The fourth-order valence-electron chi connectivity index (χ4n) is 1.61. The molecule has 0 radical (unpaired) electrons. The van der Waals surface area contributed by atoms with Gasteiger partial charge in [0.05, 0.1) is 6.42 Å². The van der Waals surface area contributed by atoms with Crippen molar-refractivity contribution in [3.8, 4) is 0 Å². The van der Waals surface area contributed by atoms with Crippen molar-refractivity contribution in [2.24, 2.45) is 0 Å². The van der Waals surface area contributed by atoms with E-state index in [0.717, 1.165) is 10.2 Å². The average Bonchev–Trinajstić information content (AvgIpc) is 2.20. The third kappa shape index (κ3) is 2.26. The first-order chi connectivity index (χ1) is 7.16. The van der Waals surface area contributed by atoms with Crippen molar-refractivity contribution in [3.05, 3.63) is 28.7 Å². The van der Waals surface area contributed by atoms with Gasteiger partial charge in [0.15, 0.2) is 0 Å². The molecule has 4 heteroatoms. The topological polar surface area (TPSA) is 37.4 Å². The molecular weight excluding hydrogens is 258 g/mol. The van der Waals surface area contributed by atoms with Crippen LogP contribution in [0.2, 0.25) is 0 Å². The number of piperidine rings is 1. The van der Waals surface area contributed by atoms with Gasteiger partial charge in [-0.25, -0.2) is 0 Å². The summed E-state index contributed by atoms with van der Waals surface area (Å²) in [6, 6.07) is 7.52. The van der Waals surface area contributed by atoms with Crippen molar-refractivity contribution in [2.45, 2.75) is 12.8 Å². The molecular formula is C11H10BrNO2. The van der Waals surface area contributed by atoms with E-state index in [2.05, 4.69) is 15.9 Å². The molecule has 1 aliphatic rings. The lowest BCUT2D eigenvalue weighted by Gasteiger charge is -2.26. The van der Waals surface area contributed by atoms with Crippen LogP contribution in [0.3, 0.4) is 0 Å². The Morgan fingerprint density at radius 2 is 1.80 bits per heavy atom. The maximum absolute atomic E-state index is 11.6. The van der Waals surface area contributed by atoms with Crippen LogP contribution in [0.15, 0.2) is 28.7 Å². The number of hydrogen-bond donors (Lipinski definition) is 0. The Hall–Kier alpha value is -1.16. The van der Waals surface area contributed by atoms with Crippen molar-refractivity contribution in [3.63, 3.8) is 0 Å². The molecule has 1 aromatic carbocycles. The molecule has 78 valence electrons. The second-order valence-corrected chi connectivity index (χ2v) is 4.40. The maximum Gasteiger partial charge on any atom is 0.234 e. The van der Waals surface area contributed by atoms with Crippen LogP contribution >= 0.6 is 15.9 Å². The first-order valence-electron chi connectivity index (χ1n) is 4.74. The molecule has 0 atom stereocenters. The second kappa shape index (κ2) is 4.14. The van der Waals surface area contributed by atoms with E-state index in [-0.39, 0.29) is 18.1 Å². The number of nitrogens with zero attached hydrogens (tertiary/aromatic N) is 1. The van der Waals surface area contributed by atoms with Gasteiger partial charge in [-0.3, -0.25) is 9.59 Å². The van der Waals surface area contributed by atoms with E-state index in [1.165, 1.54) is 0 Å². The molecule has 0 spiro atoms. The minimum absolute atomic E-state index is 0.0355. The van der Waals surface area contributed by atoms with Crippen LogP contribution in [-0.2, 0) is 9.59 Å². The van der Waals surface area contributed by atoms with Gasteiger partial charge in [-0.05, 0) is 24.3 Å². The van der Waals surface area contributed by atoms with Crippen LogP contribution in [0.5, 0.6) is 0 Å². The number of Topliss-reactive ketones (excluding diaryl/α,β-unsaturated/α-hetero) is 1. The molecule has 0 aliphatic carbocycles. The van der Waals surface area contributed by atoms with Crippen molar-refractivity contribution < 1.29 is 9.59 Å². The summed E-state index contributed by atoms with van der Waals surface area (Å²) in [5.41, 5.74) is 0.857. The Balaban J connectivity index is 2.20. The Labute approximate surface area is 96.2 Å². The molecule has 3 nitrogen and oxygen atoms in total. The van der Waals surface area contributed by atoms with Gasteiger partial charge < -0.3 is 4.90 Å². The molecule has 0 unspecified atom stereocenters. The summed E-state index contributed by atoms with van der Waals surface area (Å²) in [5.74, 6) is -0.0677. The van der Waals surface area contributed by atoms with E-state index in [9.17, 15) is 9.59 Å². The Morgan fingerprint density at radius 3 is 2.40 bits per heavy atom. The highest BCUT2D eigenvalue weighted by atomic mass is 79.9. The SMILES string of the molecule is O=C1CCN(c2ccc(Br)cc2)C(=O)C1. The fourth-order valence-corrected chi connectivity index (χ4v) is 1.87. The normalized spacial score (nSPS) is 17.0. The van der Waals surface area contributed by atoms with Crippen molar-refractivity contribution >= 4 is 33.3 Å². The number of rotatable bonds is 1. The van der Waals surface area contributed by atoms with Gasteiger partial charge in [-0.1, -0.05) is 15.9 Å². The van der Waals surface area contributed by atoms with Gasteiger partial charge in [0.25, 0.3) is 0 Å². The first kappa shape index (κ1) is 10.4. The zero-order valence-electron chi connectivity index (χ0n) is 8.07. The minimum atomic E-state index is -0.103.